The summed E-state index contributed by atoms with van der Waals surface area (Å²) >= 11 is 13.0. The summed E-state index contributed by atoms with van der Waals surface area (Å²) in [6.45, 7) is 4.54. The molecular formula is C24H21Cl2N3O3. The zero-order valence-electron chi connectivity index (χ0n) is 17.7. The highest BCUT2D eigenvalue weighted by molar-refractivity contribution is 6.41. The van der Waals surface area contributed by atoms with Gasteiger partial charge in [0, 0.05) is 24.7 Å². The van der Waals surface area contributed by atoms with Gasteiger partial charge in [0.2, 0.25) is 0 Å². The molecule has 0 aliphatic carbocycles. The Kier molecular flexibility index (Phi) is 6.00. The maximum absolute atomic E-state index is 13.6. The summed E-state index contributed by atoms with van der Waals surface area (Å²) in [5.41, 5.74) is 3.04. The highest BCUT2D eigenvalue weighted by Crippen LogP contribution is 2.33. The van der Waals surface area contributed by atoms with Crippen molar-refractivity contribution in [2.75, 3.05) is 13.1 Å². The van der Waals surface area contributed by atoms with Crippen molar-refractivity contribution in [1.29, 1.82) is 5.26 Å². The summed E-state index contributed by atoms with van der Waals surface area (Å²) in [4.78, 5) is 28.3. The van der Waals surface area contributed by atoms with E-state index in [0.29, 0.717) is 37.0 Å². The van der Waals surface area contributed by atoms with Crippen LogP contribution in [0.5, 0.6) is 0 Å². The van der Waals surface area contributed by atoms with E-state index in [1.807, 2.05) is 13.8 Å². The molecule has 2 heterocycles. The number of aryl methyl sites for hydroxylation is 2. The summed E-state index contributed by atoms with van der Waals surface area (Å²) in [6, 6.07) is 8.63. The molecule has 1 amide bonds. The van der Waals surface area contributed by atoms with E-state index in [9.17, 15) is 20.0 Å². The number of piperidine rings is 1. The van der Waals surface area contributed by atoms with E-state index in [4.69, 9.17) is 23.2 Å². The van der Waals surface area contributed by atoms with E-state index in [-0.39, 0.29) is 27.1 Å². The molecule has 164 valence electrons. The van der Waals surface area contributed by atoms with Crippen LogP contribution in [0.3, 0.4) is 0 Å². The quantitative estimate of drug-likeness (QED) is 0.587. The average Bonchev–Trinajstić information content (AvgIpc) is 3.11. The van der Waals surface area contributed by atoms with Crippen LogP contribution in [0.15, 0.2) is 30.5 Å². The summed E-state index contributed by atoms with van der Waals surface area (Å²) in [6.07, 6.45) is 2.28. The number of aliphatic hydroxyl groups is 1. The molecule has 4 rings (SSSR count). The minimum absolute atomic E-state index is 0.00410. The van der Waals surface area contributed by atoms with Crippen molar-refractivity contribution >= 4 is 45.9 Å². The van der Waals surface area contributed by atoms with Crippen molar-refractivity contribution in [3.8, 4) is 6.07 Å². The standard InChI is InChI=1S/C24H21Cl2N3O3/c1-13-9-15(11-27)10-18-14(2)12-29(22(13)18)24(32)20-19(25)4-3-17(21(20)26)23(31)28-7-5-16(30)6-8-28/h3-4,9-10,12,16,30H,5-8H2,1-2H3. The Balaban J connectivity index is 1.79. The lowest BCUT2D eigenvalue weighted by Crippen LogP contribution is -2.40. The van der Waals surface area contributed by atoms with Crippen LogP contribution in [0.1, 0.15) is 50.2 Å². The number of nitriles is 1. The molecule has 1 aliphatic rings. The summed E-state index contributed by atoms with van der Waals surface area (Å²) in [7, 11) is 0. The lowest BCUT2D eigenvalue weighted by molar-refractivity contribution is 0.0546. The Morgan fingerprint density at radius 3 is 2.44 bits per heavy atom. The summed E-state index contributed by atoms with van der Waals surface area (Å²) in [5.74, 6) is -0.745. The first-order chi connectivity index (χ1) is 15.2. The maximum Gasteiger partial charge on any atom is 0.265 e. The van der Waals surface area contributed by atoms with Gasteiger partial charge in [-0.1, -0.05) is 23.2 Å². The maximum atomic E-state index is 13.6. The van der Waals surface area contributed by atoms with Gasteiger partial charge in [0.1, 0.15) is 0 Å². The van der Waals surface area contributed by atoms with E-state index in [1.165, 1.54) is 16.7 Å². The van der Waals surface area contributed by atoms with Crippen LogP contribution in [0.4, 0.5) is 0 Å². The molecule has 32 heavy (non-hydrogen) atoms. The third-order valence-electron chi connectivity index (χ3n) is 5.92. The number of rotatable bonds is 2. The molecule has 0 spiro atoms. The van der Waals surface area contributed by atoms with Crippen LogP contribution in [0.25, 0.3) is 10.9 Å². The molecule has 1 fully saturated rings. The van der Waals surface area contributed by atoms with Gasteiger partial charge >= 0.3 is 0 Å². The number of aliphatic hydroxyl groups excluding tert-OH is 1. The molecule has 0 radical (unpaired) electrons. The monoisotopic (exact) mass is 469 g/mol. The molecule has 0 saturated carbocycles. The predicted octanol–water partition coefficient (Wildman–Crippen LogP) is 4.72. The number of carbonyl (C=O) groups is 2. The first-order valence-electron chi connectivity index (χ1n) is 10.3. The zero-order chi connectivity index (χ0) is 23.2. The fourth-order valence-electron chi connectivity index (χ4n) is 4.23. The molecule has 6 nitrogen and oxygen atoms in total. The third-order valence-corrected chi connectivity index (χ3v) is 6.63. The fraction of sp³-hybridized carbons (Fsp3) is 0.292. The molecule has 2 aromatic carbocycles. The number of likely N-dealkylation sites (tertiary alicyclic amines) is 1. The fourth-order valence-corrected chi connectivity index (χ4v) is 4.84. The van der Waals surface area contributed by atoms with Gasteiger partial charge in [-0.05, 0) is 62.1 Å². The number of nitrogens with zero attached hydrogens (tertiary/aromatic N) is 3. The van der Waals surface area contributed by atoms with Crippen molar-refractivity contribution in [3.05, 3.63) is 68.3 Å². The molecule has 0 unspecified atom stereocenters. The van der Waals surface area contributed by atoms with Crippen LogP contribution >= 0.6 is 23.2 Å². The first-order valence-corrected chi connectivity index (χ1v) is 11.0. The second-order valence-corrected chi connectivity index (χ2v) is 8.88. The Morgan fingerprint density at radius 1 is 1.09 bits per heavy atom. The molecule has 1 N–H and O–H groups in total. The van der Waals surface area contributed by atoms with Gasteiger partial charge in [-0.2, -0.15) is 5.26 Å². The van der Waals surface area contributed by atoms with Gasteiger partial charge in [-0.3, -0.25) is 14.2 Å². The van der Waals surface area contributed by atoms with Crippen LogP contribution in [0.2, 0.25) is 10.0 Å². The highest BCUT2D eigenvalue weighted by atomic mass is 35.5. The molecule has 1 saturated heterocycles. The van der Waals surface area contributed by atoms with Crippen molar-refractivity contribution in [2.45, 2.75) is 32.8 Å². The smallest absolute Gasteiger partial charge is 0.265 e. The van der Waals surface area contributed by atoms with Crippen molar-refractivity contribution in [2.24, 2.45) is 0 Å². The largest absolute Gasteiger partial charge is 0.393 e. The lowest BCUT2D eigenvalue weighted by Gasteiger charge is -2.30. The van der Waals surface area contributed by atoms with Crippen LogP contribution < -0.4 is 0 Å². The number of carbonyl (C=O) groups excluding carboxylic acids is 2. The molecule has 0 bridgehead atoms. The molecular weight excluding hydrogens is 449 g/mol. The highest BCUT2D eigenvalue weighted by Gasteiger charge is 2.28. The number of aromatic nitrogens is 1. The first kappa shape index (κ1) is 22.3. The number of fused-ring (bicyclic) bond motifs is 1. The second kappa shape index (κ2) is 8.59. The topological polar surface area (TPSA) is 86.3 Å². The Morgan fingerprint density at radius 2 is 1.78 bits per heavy atom. The van der Waals surface area contributed by atoms with Crippen molar-refractivity contribution in [1.82, 2.24) is 9.47 Å². The van der Waals surface area contributed by atoms with Gasteiger partial charge in [-0.25, -0.2) is 0 Å². The van der Waals surface area contributed by atoms with Gasteiger partial charge in [0.25, 0.3) is 11.8 Å². The summed E-state index contributed by atoms with van der Waals surface area (Å²) in [5, 5.41) is 19.9. The normalized spacial score (nSPS) is 14.6. The molecule has 0 atom stereocenters. The third kappa shape index (κ3) is 3.77. The number of amides is 1. The number of hydrogen-bond acceptors (Lipinski definition) is 4. The molecule has 1 aromatic heterocycles. The van der Waals surface area contributed by atoms with Crippen molar-refractivity contribution in [3.63, 3.8) is 0 Å². The minimum atomic E-state index is -0.449. The SMILES string of the molecule is Cc1cn(C(=O)c2c(Cl)ccc(C(=O)N3CCC(O)CC3)c2Cl)c2c(C)cc(C#N)cc12. The molecule has 3 aromatic rings. The Bertz CT molecular complexity index is 1300. The van der Waals surface area contributed by atoms with Crippen LogP contribution in [-0.4, -0.2) is 45.6 Å². The van der Waals surface area contributed by atoms with Gasteiger partial charge < -0.3 is 10.0 Å². The Labute approximate surface area is 195 Å². The lowest BCUT2D eigenvalue weighted by atomic mass is 10.0. The molecule has 8 heteroatoms. The van der Waals surface area contributed by atoms with Gasteiger partial charge in [0.15, 0.2) is 0 Å². The van der Waals surface area contributed by atoms with Gasteiger partial charge in [0.05, 0.1) is 44.4 Å². The molecule has 1 aliphatic heterocycles. The van der Waals surface area contributed by atoms with Gasteiger partial charge in [-0.15, -0.1) is 0 Å². The number of halogens is 2. The average molecular weight is 470 g/mol. The van der Waals surface area contributed by atoms with E-state index >= 15 is 0 Å². The van der Waals surface area contributed by atoms with Crippen LogP contribution in [0, 0.1) is 25.2 Å². The van der Waals surface area contributed by atoms with E-state index in [1.54, 1.807) is 23.2 Å². The predicted molar refractivity (Wildman–Crippen MR) is 123 cm³/mol. The van der Waals surface area contributed by atoms with E-state index in [2.05, 4.69) is 6.07 Å². The summed E-state index contributed by atoms with van der Waals surface area (Å²) < 4.78 is 1.47. The van der Waals surface area contributed by atoms with E-state index < -0.39 is 12.0 Å². The zero-order valence-corrected chi connectivity index (χ0v) is 19.2. The second-order valence-electron chi connectivity index (χ2n) is 8.10. The number of hydrogen-bond donors (Lipinski definition) is 1. The number of benzene rings is 2. The van der Waals surface area contributed by atoms with Crippen LogP contribution in [-0.2, 0) is 0 Å². The Hall–Kier alpha value is -2.85. The van der Waals surface area contributed by atoms with E-state index in [0.717, 1.165) is 16.5 Å². The van der Waals surface area contributed by atoms with Crippen molar-refractivity contribution < 1.29 is 14.7 Å². The minimum Gasteiger partial charge on any atom is -0.393 e.